The quantitative estimate of drug-likeness (QED) is 0.372. The van der Waals surface area contributed by atoms with Crippen LogP contribution in [0.15, 0.2) is 90.0 Å². The lowest BCUT2D eigenvalue weighted by molar-refractivity contribution is 0.483. The van der Waals surface area contributed by atoms with E-state index in [1.807, 2.05) is 48.5 Å². The monoisotopic (exact) mass is 458 g/mol. The van der Waals surface area contributed by atoms with E-state index in [-0.39, 0.29) is 22.2 Å². The first-order valence-electron chi connectivity index (χ1n) is 9.68. The lowest BCUT2D eigenvalue weighted by atomic mass is 10.3. The van der Waals surface area contributed by atoms with E-state index in [1.54, 1.807) is 18.2 Å². The summed E-state index contributed by atoms with van der Waals surface area (Å²) >= 11 is 0. The van der Waals surface area contributed by atoms with Crippen molar-refractivity contribution in [2.75, 3.05) is 10.6 Å². The molecule has 4 N–H and O–H groups in total. The van der Waals surface area contributed by atoms with Crippen molar-refractivity contribution in [1.29, 1.82) is 5.26 Å². The molecular formula is C23H18N6O3S. The summed E-state index contributed by atoms with van der Waals surface area (Å²) in [6.07, 6.45) is 1.37. The number of hydrogen-bond donors (Lipinski definition) is 3. The van der Waals surface area contributed by atoms with E-state index in [4.69, 9.17) is 9.88 Å². The van der Waals surface area contributed by atoms with E-state index in [9.17, 15) is 13.7 Å². The molecule has 0 saturated heterocycles. The van der Waals surface area contributed by atoms with Gasteiger partial charge in [-0.1, -0.05) is 24.3 Å². The molecule has 0 atom stereocenters. The van der Waals surface area contributed by atoms with E-state index < -0.39 is 10.0 Å². The standard InChI is InChI=1S/C23H18N6O3S/c24-14-16-15-26-23(29-22(16)27-18-5-4-8-21(13-18)33(25,30)31)28-17-9-11-20(12-10-17)32-19-6-2-1-3-7-19/h1-13,15H,(H2,25,30,31)(H2,26,27,28,29). The Labute approximate surface area is 190 Å². The largest absolute Gasteiger partial charge is 0.457 e. The van der Waals surface area contributed by atoms with E-state index in [0.717, 1.165) is 5.75 Å². The summed E-state index contributed by atoms with van der Waals surface area (Å²) < 4.78 is 29.0. The third-order valence-electron chi connectivity index (χ3n) is 4.42. The molecule has 4 rings (SSSR count). The Hall–Kier alpha value is -4.46. The molecular weight excluding hydrogens is 440 g/mol. The third-order valence-corrected chi connectivity index (χ3v) is 5.33. The first kappa shape index (κ1) is 21.8. The highest BCUT2D eigenvalue weighted by molar-refractivity contribution is 7.89. The van der Waals surface area contributed by atoms with Gasteiger partial charge in [0.15, 0.2) is 5.82 Å². The van der Waals surface area contributed by atoms with Crippen LogP contribution < -0.4 is 20.5 Å². The lowest BCUT2D eigenvalue weighted by Crippen LogP contribution is -2.12. The number of benzene rings is 3. The Kier molecular flexibility index (Phi) is 6.17. The topological polar surface area (TPSA) is 143 Å². The van der Waals surface area contributed by atoms with Gasteiger partial charge in [0.2, 0.25) is 16.0 Å². The van der Waals surface area contributed by atoms with Crippen LogP contribution in [0.2, 0.25) is 0 Å². The van der Waals surface area contributed by atoms with E-state index >= 15 is 0 Å². The highest BCUT2D eigenvalue weighted by Crippen LogP contribution is 2.25. The maximum absolute atomic E-state index is 11.6. The number of anilines is 4. The summed E-state index contributed by atoms with van der Waals surface area (Å²) in [6, 6.07) is 24.6. The number of sulfonamides is 1. The predicted octanol–water partition coefficient (Wildman–Crippen LogP) is 4.28. The molecule has 10 heteroatoms. The Morgan fingerprint density at radius 2 is 1.61 bits per heavy atom. The van der Waals surface area contributed by atoms with Gasteiger partial charge in [0.25, 0.3) is 0 Å². The van der Waals surface area contributed by atoms with Gasteiger partial charge < -0.3 is 15.4 Å². The van der Waals surface area contributed by atoms with E-state index in [2.05, 4.69) is 20.6 Å². The van der Waals surface area contributed by atoms with Crippen LogP contribution in [0.4, 0.5) is 23.1 Å². The summed E-state index contributed by atoms with van der Waals surface area (Å²) in [4.78, 5) is 8.45. The number of primary sulfonamides is 1. The van der Waals surface area contributed by atoms with Crippen molar-refractivity contribution in [3.63, 3.8) is 0 Å². The maximum atomic E-state index is 11.6. The molecule has 164 valence electrons. The van der Waals surface area contributed by atoms with Gasteiger partial charge >= 0.3 is 0 Å². The van der Waals surface area contributed by atoms with Crippen molar-refractivity contribution in [2.24, 2.45) is 5.14 Å². The number of nitriles is 1. The first-order chi connectivity index (χ1) is 15.9. The molecule has 4 aromatic rings. The minimum absolute atomic E-state index is 0.0591. The van der Waals surface area contributed by atoms with Gasteiger partial charge in [-0.3, -0.25) is 0 Å². The molecule has 9 nitrogen and oxygen atoms in total. The fourth-order valence-corrected chi connectivity index (χ4v) is 3.43. The van der Waals surface area contributed by atoms with Crippen LogP contribution in [0, 0.1) is 11.3 Å². The third kappa shape index (κ3) is 5.62. The number of nitrogens with two attached hydrogens (primary N) is 1. The number of nitrogens with one attached hydrogen (secondary N) is 2. The Bertz CT molecular complexity index is 1420. The molecule has 0 radical (unpaired) electrons. The molecule has 0 aliphatic rings. The van der Waals surface area contributed by atoms with Gasteiger partial charge in [0.05, 0.1) is 11.1 Å². The number of nitrogens with zero attached hydrogens (tertiary/aromatic N) is 3. The Morgan fingerprint density at radius 1 is 0.879 bits per heavy atom. The molecule has 0 amide bonds. The first-order valence-corrected chi connectivity index (χ1v) is 11.2. The van der Waals surface area contributed by atoms with Crippen LogP contribution >= 0.6 is 0 Å². The lowest BCUT2D eigenvalue weighted by Gasteiger charge is -2.11. The molecule has 0 unspecified atom stereocenters. The van der Waals surface area contributed by atoms with Gasteiger partial charge in [-0.15, -0.1) is 0 Å². The van der Waals surface area contributed by atoms with Crippen LogP contribution in [0.3, 0.4) is 0 Å². The summed E-state index contributed by atoms with van der Waals surface area (Å²) in [5.41, 5.74) is 1.31. The van der Waals surface area contributed by atoms with Crippen LogP contribution in [0.25, 0.3) is 0 Å². The van der Waals surface area contributed by atoms with E-state index in [1.165, 1.54) is 24.4 Å². The second kappa shape index (κ2) is 9.35. The molecule has 3 aromatic carbocycles. The molecule has 0 aliphatic carbocycles. The highest BCUT2D eigenvalue weighted by atomic mass is 32.2. The zero-order valence-corrected chi connectivity index (χ0v) is 18.0. The molecule has 1 heterocycles. The minimum Gasteiger partial charge on any atom is -0.457 e. The fourth-order valence-electron chi connectivity index (χ4n) is 2.87. The van der Waals surface area contributed by atoms with Gasteiger partial charge in [0, 0.05) is 11.4 Å². The van der Waals surface area contributed by atoms with Crippen molar-refractivity contribution in [1.82, 2.24) is 9.97 Å². The summed E-state index contributed by atoms with van der Waals surface area (Å²) in [7, 11) is -3.87. The van der Waals surface area contributed by atoms with Crippen molar-refractivity contribution in [2.45, 2.75) is 4.90 Å². The van der Waals surface area contributed by atoms with Crippen LogP contribution in [-0.2, 0) is 10.0 Å². The van der Waals surface area contributed by atoms with Crippen LogP contribution in [0.1, 0.15) is 5.56 Å². The smallest absolute Gasteiger partial charge is 0.238 e. The fraction of sp³-hybridized carbons (Fsp3) is 0. The van der Waals surface area contributed by atoms with Crippen molar-refractivity contribution >= 4 is 33.2 Å². The second-order valence-electron chi connectivity index (χ2n) is 6.83. The number of para-hydroxylation sites is 1. The summed E-state index contributed by atoms with van der Waals surface area (Å²) in [6.45, 7) is 0. The Morgan fingerprint density at radius 3 is 2.30 bits per heavy atom. The van der Waals surface area contributed by atoms with Crippen molar-refractivity contribution < 1.29 is 13.2 Å². The molecule has 0 saturated carbocycles. The predicted molar refractivity (Wildman–Crippen MR) is 124 cm³/mol. The zero-order valence-electron chi connectivity index (χ0n) is 17.1. The zero-order chi connectivity index (χ0) is 23.3. The van der Waals surface area contributed by atoms with Gasteiger partial charge in [-0.05, 0) is 54.6 Å². The minimum atomic E-state index is -3.87. The maximum Gasteiger partial charge on any atom is 0.238 e. The SMILES string of the molecule is N#Cc1cnc(Nc2ccc(Oc3ccccc3)cc2)nc1Nc1cccc(S(N)(=O)=O)c1. The van der Waals surface area contributed by atoms with Gasteiger partial charge in [0.1, 0.15) is 23.1 Å². The molecule has 0 aliphatic heterocycles. The van der Waals surface area contributed by atoms with Crippen molar-refractivity contribution in [3.8, 4) is 17.6 Å². The average molecular weight is 459 g/mol. The van der Waals surface area contributed by atoms with Crippen LogP contribution in [0.5, 0.6) is 11.5 Å². The molecule has 0 spiro atoms. The summed E-state index contributed by atoms with van der Waals surface area (Å²) in [5.74, 6) is 1.86. The van der Waals surface area contributed by atoms with Crippen molar-refractivity contribution in [3.05, 3.63) is 90.6 Å². The van der Waals surface area contributed by atoms with E-state index in [0.29, 0.717) is 17.1 Å². The van der Waals surface area contributed by atoms with Gasteiger partial charge in [-0.2, -0.15) is 10.2 Å². The number of hydrogen-bond acceptors (Lipinski definition) is 8. The second-order valence-corrected chi connectivity index (χ2v) is 8.39. The summed E-state index contributed by atoms with van der Waals surface area (Å²) in [5, 5.41) is 20.6. The average Bonchev–Trinajstić information content (AvgIpc) is 2.81. The number of ether oxygens (including phenoxy) is 1. The number of aromatic nitrogens is 2. The van der Waals surface area contributed by atoms with Gasteiger partial charge in [-0.25, -0.2) is 18.5 Å². The number of rotatable bonds is 7. The Balaban J connectivity index is 1.52. The molecule has 1 aromatic heterocycles. The normalized spacial score (nSPS) is 10.8. The molecule has 33 heavy (non-hydrogen) atoms. The molecule has 0 bridgehead atoms. The van der Waals surface area contributed by atoms with Crippen LogP contribution in [-0.4, -0.2) is 18.4 Å². The highest BCUT2D eigenvalue weighted by Gasteiger charge is 2.11. The molecule has 0 fully saturated rings.